The van der Waals surface area contributed by atoms with E-state index >= 15 is 0 Å². The predicted octanol–water partition coefficient (Wildman–Crippen LogP) is 2.82. The van der Waals surface area contributed by atoms with Crippen molar-refractivity contribution in [3.63, 3.8) is 0 Å². The van der Waals surface area contributed by atoms with Crippen molar-refractivity contribution < 1.29 is 9.59 Å². The molecule has 1 saturated heterocycles. The van der Waals surface area contributed by atoms with Gasteiger partial charge < -0.3 is 10.2 Å². The summed E-state index contributed by atoms with van der Waals surface area (Å²) in [5.41, 5.74) is -0.250. The van der Waals surface area contributed by atoms with Crippen LogP contribution >= 0.6 is 0 Å². The van der Waals surface area contributed by atoms with Crippen LogP contribution in [0.2, 0.25) is 0 Å². The van der Waals surface area contributed by atoms with Crippen LogP contribution in [0.1, 0.15) is 61.3 Å². The van der Waals surface area contributed by atoms with Crippen LogP contribution in [0, 0.1) is 17.3 Å². The lowest BCUT2D eigenvalue weighted by molar-refractivity contribution is -0.154. The van der Waals surface area contributed by atoms with Gasteiger partial charge in [-0.15, -0.1) is 0 Å². The summed E-state index contributed by atoms with van der Waals surface area (Å²) < 4.78 is 0. The number of piperazine rings is 1. The number of hydrogen-bond donors (Lipinski definition) is 1. The standard InChI is InChI=1S/C17H32N2O2/c1-11(2)8-9-19-14(17(5,6)7)15(20)18-13(16(19)21)10-12(3)4/h11-14H,8-10H2,1-7H3,(H,18,20). The molecule has 21 heavy (non-hydrogen) atoms. The molecule has 4 heteroatoms. The highest BCUT2D eigenvalue weighted by Crippen LogP contribution is 2.29. The molecule has 1 fully saturated rings. The maximum atomic E-state index is 12.8. The fraction of sp³-hybridized carbons (Fsp3) is 0.882. The number of carbonyl (C=O) groups is 2. The molecule has 0 saturated carbocycles. The van der Waals surface area contributed by atoms with E-state index in [2.05, 4.69) is 33.0 Å². The van der Waals surface area contributed by atoms with E-state index in [4.69, 9.17) is 0 Å². The maximum absolute atomic E-state index is 12.8. The molecule has 0 aromatic rings. The number of amides is 2. The third-order valence-corrected chi connectivity index (χ3v) is 3.93. The third kappa shape index (κ3) is 4.72. The summed E-state index contributed by atoms with van der Waals surface area (Å²) in [6, 6.07) is -0.726. The van der Waals surface area contributed by atoms with E-state index in [0.29, 0.717) is 24.8 Å². The second-order valence-corrected chi connectivity index (χ2v) is 8.17. The molecule has 1 heterocycles. The highest BCUT2D eigenvalue weighted by atomic mass is 16.2. The van der Waals surface area contributed by atoms with E-state index < -0.39 is 0 Å². The number of rotatable bonds is 5. The molecule has 122 valence electrons. The molecule has 4 nitrogen and oxygen atoms in total. The van der Waals surface area contributed by atoms with E-state index in [0.717, 1.165) is 6.42 Å². The largest absolute Gasteiger partial charge is 0.342 e. The van der Waals surface area contributed by atoms with Crippen molar-refractivity contribution in [2.75, 3.05) is 6.54 Å². The topological polar surface area (TPSA) is 49.4 Å². The van der Waals surface area contributed by atoms with Gasteiger partial charge in [-0.1, -0.05) is 48.5 Å². The molecule has 0 bridgehead atoms. The van der Waals surface area contributed by atoms with Crippen LogP contribution in [-0.4, -0.2) is 35.3 Å². The van der Waals surface area contributed by atoms with E-state index in [1.807, 2.05) is 25.7 Å². The van der Waals surface area contributed by atoms with Gasteiger partial charge in [0.05, 0.1) is 0 Å². The molecule has 2 amide bonds. The van der Waals surface area contributed by atoms with Gasteiger partial charge >= 0.3 is 0 Å². The van der Waals surface area contributed by atoms with Gasteiger partial charge in [-0.05, 0) is 30.1 Å². The van der Waals surface area contributed by atoms with Crippen LogP contribution in [0.4, 0.5) is 0 Å². The summed E-state index contributed by atoms with van der Waals surface area (Å²) in [4.78, 5) is 27.1. The zero-order valence-corrected chi connectivity index (χ0v) is 14.7. The van der Waals surface area contributed by atoms with Gasteiger partial charge in [0.1, 0.15) is 12.1 Å². The molecule has 0 aliphatic carbocycles. The summed E-state index contributed by atoms with van der Waals surface area (Å²) in [6.07, 6.45) is 1.64. The summed E-state index contributed by atoms with van der Waals surface area (Å²) in [7, 11) is 0. The van der Waals surface area contributed by atoms with Crippen molar-refractivity contribution in [3.05, 3.63) is 0 Å². The van der Waals surface area contributed by atoms with Crippen molar-refractivity contribution in [1.29, 1.82) is 0 Å². The Morgan fingerprint density at radius 3 is 2.10 bits per heavy atom. The fourth-order valence-corrected chi connectivity index (χ4v) is 2.91. The second-order valence-electron chi connectivity index (χ2n) is 8.17. The van der Waals surface area contributed by atoms with Gasteiger partial charge in [-0.2, -0.15) is 0 Å². The zero-order chi connectivity index (χ0) is 16.4. The summed E-state index contributed by atoms with van der Waals surface area (Å²) in [6.45, 7) is 15.2. The quantitative estimate of drug-likeness (QED) is 0.848. The molecule has 2 atom stereocenters. The van der Waals surface area contributed by atoms with E-state index in [9.17, 15) is 9.59 Å². The monoisotopic (exact) mass is 296 g/mol. The zero-order valence-electron chi connectivity index (χ0n) is 14.7. The smallest absolute Gasteiger partial charge is 0.245 e. The molecule has 0 spiro atoms. The maximum Gasteiger partial charge on any atom is 0.245 e. The van der Waals surface area contributed by atoms with Gasteiger partial charge in [0.25, 0.3) is 0 Å². The van der Waals surface area contributed by atoms with Crippen LogP contribution < -0.4 is 5.32 Å². The molecule has 1 aliphatic heterocycles. The van der Waals surface area contributed by atoms with Crippen LogP contribution in [0.3, 0.4) is 0 Å². The predicted molar refractivity (Wildman–Crippen MR) is 85.8 cm³/mol. The molecule has 1 N–H and O–H groups in total. The number of nitrogens with one attached hydrogen (secondary N) is 1. The second kappa shape index (κ2) is 6.80. The minimum absolute atomic E-state index is 0.00324. The third-order valence-electron chi connectivity index (χ3n) is 3.93. The van der Waals surface area contributed by atoms with Crippen molar-refractivity contribution in [1.82, 2.24) is 10.2 Å². The fourth-order valence-electron chi connectivity index (χ4n) is 2.91. The lowest BCUT2D eigenvalue weighted by Crippen LogP contribution is -2.67. The molecule has 1 rings (SSSR count). The Morgan fingerprint density at radius 1 is 1.10 bits per heavy atom. The highest BCUT2D eigenvalue weighted by molar-refractivity contribution is 5.97. The number of hydrogen-bond acceptors (Lipinski definition) is 2. The minimum atomic E-state index is -0.368. The number of carbonyl (C=O) groups excluding carboxylic acids is 2. The molecule has 2 unspecified atom stereocenters. The summed E-state index contributed by atoms with van der Waals surface area (Å²) >= 11 is 0. The molecule has 0 aromatic heterocycles. The molecular formula is C17H32N2O2. The first kappa shape index (κ1) is 18.0. The molecule has 0 aromatic carbocycles. The van der Waals surface area contributed by atoms with Crippen LogP contribution in [-0.2, 0) is 9.59 Å². The lowest BCUT2D eigenvalue weighted by Gasteiger charge is -2.45. The van der Waals surface area contributed by atoms with Gasteiger partial charge in [-0.25, -0.2) is 0 Å². The Bertz CT molecular complexity index is 383. The Balaban J connectivity index is 2.99. The van der Waals surface area contributed by atoms with Gasteiger partial charge in [0.2, 0.25) is 11.8 Å². The first-order valence-electron chi connectivity index (χ1n) is 8.15. The lowest BCUT2D eigenvalue weighted by atomic mass is 9.82. The van der Waals surface area contributed by atoms with Crippen molar-refractivity contribution in [3.8, 4) is 0 Å². The summed E-state index contributed by atoms with van der Waals surface area (Å²) in [5.74, 6) is 0.990. The average Bonchev–Trinajstić information content (AvgIpc) is 2.28. The van der Waals surface area contributed by atoms with Crippen molar-refractivity contribution in [2.45, 2.75) is 73.4 Å². The number of nitrogens with zero attached hydrogens (tertiary/aromatic N) is 1. The van der Waals surface area contributed by atoms with Gasteiger partial charge in [-0.3, -0.25) is 9.59 Å². The Hall–Kier alpha value is -1.06. The van der Waals surface area contributed by atoms with Gasteiger partial charge in [0.15, 0.2) is 0 Å². The van der Waals surface area contributed by atoms with Gasteiger partial charge in [0, 0.05) is 6.54 Å². The Labute approximate surface area is 129 Å². The Morgan fingerprint density at radius 2 is 1.67 bits per heavy atom. The minimum Gasteiger partial charge on any atom is -0.342 e. The molecule has 1 aliphatic rings. The van der Waals surface area contributed by atoms with Crippen LogP contribution in [0.5, 0.6) is 0 Å². The van der Waals surface area contributed by atoms with Crippen LogP contribution in [0.15, 0.2) is 0 Å². The first-order valence-corrected chi connectivity index (χ1v) is 8.15. The van der Waals surface area contributed by atoms with Crippen LogP contribution in [0.25, 0.3) is 0 Å². The van der Waals surface area contributed by atoms with Crippen molar-refractivity contribution >= 4 is 11.8 Å². The molecular weight excluding hydrogens is 264 g/mol. The van der Waals surface area contributed by atoms with E-state index in [1.54, 1.807) is 0 Å². The Kier molecular flexibility index (Phi) is 5.83. The summed E-state index contributed by atoms with van der Waals surface area (Å²) in [5, 5.41) is 2.94. The molecule has 0 radical (unpaired) electrons. The van der Waals surface area contributed by atoms with Crippen molar-refractivity contribution in [2.24, 2.45) is 17.3 Å². The first-order chi connectivity index (χ1) is 9.54. The normalized spacial score (nSPS) is 24.0. The van der Waals surface area contributed by atoms with E-state index in [-0.39, 0.29) is 29.3 Å². The SMILES string of the molecule is CC(C)CCN1C(=O)C(CC(C)C)NC(=O)C1C(C)(C)C. The highest BCUT2D eigenvalue weighted by Gasteiger charge is 2.45. The van der Waals surface area contributed by atoms with E-state index in [1.165, 1.54) is 0 Å². The average molecular weight is 296 g/mol.